The van der Waals surface area contributed by atoms with Gasteiger partial charge in [0.25, 0.3) is 0 Å². The third-order valence-corrected chi connectivity index (χ3v) is 3.80. The van der Waals surface area contributed by atoms with E-state index in [1.165, 1.54) is 25.7 Å². The quantitative estimate of drug-likeness (QED) is 0.742. The molecule has 0 aliphatic heterocycles. The first-order chi connectivity index (χ1) is 6.34. The molecule has 0 amide bonds. The van der Waals surface area contributed by atoms with Crippen LogP contribution >= 0.6 is 23.4 Å². The first kappa shape index (κ1) is 9.35. The number of rotatable bonds is 2. The number of nitrogens with zero attached hydrogens (tertiary/aromatic N) is 1. The Hall–Kier alpha value is -0.210. The molecule has 1 aliphatic carbocycles. The minimum Gasteiger partial charge on any atom is -0.248 e. The van der Waals surface area contributed by atoms with Crippen molar-refractivity contribution in [3.63, 3.8) is 0 Å². The van der Waals surface area contributed by atoms with Crippen LogP contribution in [-0.4, -0.2) is 10.2 Å². The molecule has 1 nitrogen and oxygen atoms in total. The smallest absolute Gasteiger partial charge is 0.0963 e. The molecule has 0 saturated heterocycles. The highest BCUT2D eigenvalue weighted by atomic mass is 35.5. The average molecular weight is 214 g/mol. The van der Waals surface area contributed by atoms with Gasteiger partial charge in [0.15, 0.2) is 0 Å². The molecule has 70 valence electrons. The van der Waals surface area contributed by atoms with Crippen LogP contribution in [0.25, 0.3) is 0 Å². The zero-order valence-corrected chi connectivity index (χ0v) is 8.94. The molecule has 0 bridgehead atoms. The van der Waals surface area contributed by atoms with Crippen molar-refractivity contribution < 1.29 is 0 Å². The highest BCUT2D eigenvalue weighted by molar-refractivity contribution is 7.99. The van der Waals surface area contributed by atoms with Gasteiger partial charge in [0.2, 0.25) is 0 Å². The van der Waals surface area contributed by atoms with Crippen molar-refractivity contribution in [2.45, 2.75) is 36.0 Å². The highest BCUT2D eigenvalue weighted by Gasteiger charge is 2.16. The fourth-order valence-corrected chi connectivity index (χ4v) is 2.89. The molecule has 2 rings (SSSR count). The van der Waals surface area contributed by atoms with Crippen LogP contribution in [0.1, 0.15) is 25.7 Å². The lowest BCUT2D eigenvalue weighted by Gasteiger charge is -2.06. The van der Waals surface area contributed by atoms with Gasteiger partial charge in [-0.1, -0.05) is 24.4 Å². The summed E-state index contributed by atoms with van der Waals surface area (Å²) in [5.41, 5.74) is 0. The first-order valence-electron chi connectivity index (χ1n) is 4.63. The molecule has 1 heterocycles. The number of hydrogen-bond acceptors (Lipinski definition) is 2. The standard InChI is InChI=1S/C10H12ClNS/c11-8-5-6-10(12-7-8)13-9-3-1-2-4-9/h5-7,9H,1-4H2. The second kappa shape index (κ2) is 4.34. The maximum atomic E-state index is 5.76. The second-order valence-corrected chi connectivity index (χ2v) is 5.10. The third-order valence-electron chi connectivity index (χ3n) is 2.29. The van der Waals surface area contributed by atoms with Gasteiger partial charge in [0.1, 0.15) is 0 Å². The normalized spacial score (nSPS) is 17.9. The molecule has 0 atom stereocenters. The Morgan fingerprint density at radius 3 is 2.69 bits per heavy atom. The lowest BCUT2D eigenvalue weighted by molar-refractivity contribution is 0.886. The van der Waals surface area contributed by atoms with Crippen molar-refractivity contribution in [3.8, 4) is 0 Å². The van der Waals surface area contributed by atoms with Gasteiger partial charge < -0.3 is 0 Å². The summed E-state index contributed by atoms with van der Waals surface area (Å²) in [6.07, 6.45) is 7.17. The largest absolute Gasteiger partial charge is 0.248 e. The second-order valence-electron chi connectivity index (χ2n) is 3.34. The number of aromatic nitrogens is 1. The van der Waals surface area contributed by atoms with E-state index in [-0.39, 0.29) is 0 Å². The molecule has 0 unspecified atom stereocenters. The van der Waals surface area contributed by atoms with Crippen molar-refractivity contribution in [3.05, 3.63) is 23.4 Å². The van der Waals surface area contributed by atoms with E-state index in [0.29, 0.717) is 0 Å². The fraction of sp³-hybridized carbons (Fsp3) is 0.500. The van der Waals surface area contributed by atoms with Gasteiger partial charge in [0, 0.05) is 11.4 Å². The maximum Gasteiger partial charge on any atom is 0.0963 e. The summed E-state index contributed by atoms with van der Waals surface area (Å²) >= 11 is 7.65. The maximum absolute atomic E-state index is 5.76. The lowest BCUT2D eigenvalue weighted by Crippen LogP contribution is -1.94. The molecule has 3 heteroatoms. The van der Waals surface area contributed by atoms with Gasteiger partial charge in [0.05, 0.1) is 10.0 Å². The van der Waals surface area contributed by atoms with Gasteiger partial charge in [-0.05, 0) is 25.0 Å². The number of pyridine rings is 1. The van der Waals surface area contributed by atoms with Gasteiger partial charge in [-0.25, -0.2) is 4.98 Å². The molecule has 1 aliphatic rings. The Morgan fingerprint density at radius 2 is 2.08 bits per heavy atom. The van der Waals surface area contributed by atoms with Crippen molar-refractivity contribution in [1.29, 1.82) is 0 Å². The van der Waals surface area contributed by atoms with E-state index in [1.54, 1.807) is 6.20 Å². The fourth-order valence-electron chi connectivity index (χ4n) is 1.61. The Labute approximate surface area is 87.9 Å². The van der Waals surface area contributed by atoms with Gasteiger partial charge in [-0.3, -0.25) is 0 Å². The SMILES string of the molecule is Clc1ccc(SC2CCCC2)nc1. The summed E-state index contributed by atoms with van der Waals surface area (Å²) < 4.78 is 0. The number of hydrogen-bond donors (Lipinski definition) is 0. The van der Waals surface area contributed by atoms with Crippen LogP contribution < -0.4 is 0 Å². The number of thioether (sulfide) groups is 1. The van der Waals surface area contributed by atoms with Crippen LogP contribution in [-0.2, 0) is 0 Å². The monoisotopic (exact) mass is 213 g/mol. The summed E-state index contributed by atoms with van der Waals surface area (Å²) in [4.78, 5) is 4.27. The van der Waals surface area contributed by atoms with Crippen molar-refractivity contribution in [1.82, 2.24) is 4.98 Å². The van der Waals surface area contributed by atoms with Crippen LogP contribution in [0.3, 0.4) is 0 Å². The van der Waals surface area contributed by atoms with Crippen LogP contribution in [0.15, 0.2) is 23.4 Å². The van der Waals surface area contributed by atoms with E-state index in [1.807, 2.05) is 23.9 Å². The third kappa shape index (κ3) is 2.61. The van der Waals surface area contributed by atoms with E-state index >= 15 is 0 Å². The molecule has 0 radical (unpaired) electrons. The first-order valence-corrected chi connectivity index (χ1v) is 5.88. The predicted molar refractivity (Wildman–Crippen MR) is 57.4 cm³/mol. The van der Waals surface area contributed by atoms with E-state index in [2.05, 4.69) is 4.98 Å². The summed E-state index contributed by atoms with van der Waals surface area (Å²) in [7, 11) is 0. The van der Waals surface area contributed by atoms with Gasteiger partial charge in [-0.15, -0.1) is 11.8 Å². The zero-order chi connectivity index (χ0) is 9.10. The molecule has 0 aromatic carbocycles. The topological polar surface area (TPSA) is 12.9 Å². The summed E-state index contributed by atoms with van der Waals surface area (Å²) in [5, 5.41) is 2.61. The molecule has 1 aromatic rings. The van der Waals surface area contributed by atoms with Gasteiger partial charge in [-0.2, -0.15) is 0 Å². The van der Waals surface area contributed by atoms with Gasteiger partial charge >= 0.3 is 0 Å². The Morgan fingerprint density at radius 1 is 1.31 bits per heavy atom. The number of halogens is 1. The summed E-state index contributed by atoms with van der Waals surface area (Å²) in [5.74, 6) is 0. The van der Waals surface area contributed by atoms with Crippen molar-refractivity contribution in [2.24, 2.45) is 0 Å². The zero-order valence-electron chi connectivity index (χ0n) is 7.37. The molecular formula is C10H12ClNS. The Balaban J connectivity index is 1.97. The molecule has 0 spiro atoms. The minimum absolute atomic E-state index is 0.718. The Kier molecular flexibility index (Phi) is 3.12. The molecule has 0 N–H and O–H groups in total. The van der Waals surface area contributed by atoms with Crippen molar-refractivity contribution >= 4 is 23.4 Å². The minimum atomic E-state index is 0.718. The summed E-state index contributed by atoms with van der Waals surface area (Å²) in [6, 6.07) is 3.91. The average Bonchev–Trinajstić information content (AvgIpc) is 2.62. The molecule has 1 aromatic heterocycles. The van der Waals surface area contributed by atoms with Crippen molar-refractivity contribution in [2.75, 3.05) is 0 Å². The molecular weight excluding hydrogens is 202 g/mol. The van der Waals surface area contributed by atoms with Crippen LogP contribution in [0.4, 0.5) is 0 Å². The van der Waals surface area contributed by atoms with E-state index in [4.69, 9.17) is 11.6 Å². The van der Waals surface area contributed by atoms with Crippen LogP contribution in [0.2, 0.25) is 5.02 Å². The molecule has 1 fully saturated rings. The molecule has 13 heavy (non-hydrogen) atoms. The predicted octanol–water partition coefficient (Wildman–Crippen LogP) is 3.77. The van der Waals surface area contributed by atoms with Crippen LogP contribution in [0.5, 0.6) is 0 Å². The van der Waals surface area contributed by atoms with E-state index < -0.39 is 0 Å². The van der Waals surface area contributed by atoms with E-state index in [0.717, 1.165) is 15.3 Å². The lowest BCUT2D eigenvalue weighted by atomic mass is 10.4. The van der Waals surface area contributed by atoms with Crippen LogP contribution in [0, 0.1) is 0 Å². The molecule has 1 saturated carbocycles. The highest BCUT2D eigenvalue weighted by Crippen LogP contribution is 2.33. The van der Waals surface area contributed by atoms with E-state index in [9.17, 15) is 0 Å². The summed E-state index contributed by atoms with van der Waals surface area (Å²) in [6.45, 7) is 0. The Bertz CT molecular complexity index is 267.